The summed E-state index contributed by atoms with van der Waals surface area (Å²) in [7, 11) is 0. The quantitative estimate of drug-likeness (QED) is 0.230. The number of hydrogen-bond donors (Lipinski definition) is 6. The third-order valence-corrected chi connectivity index (χ3v) is 8.55. The van der Waals surface area contributed by atoms with Gasteiger partial charge in [-0.2, -0.15) is 0 Å². The maximum Gasteiger partial charge on any atom is 0.140 e. The highest BCUT2D eigenvalue weighted by Gasteiger charge is 2.70. The van der Waals surface area contributed by atoms with Gasteiger partial charge in [-0.1, -0.05) is 35.8 Å². The third kappa shape index (κ3) is 2.46. The van der Waals surface area contributed by atoms with Gasteiger partial charge >= 0.3 is 0 Å². The van der Waals surface area contributed by atoms with E-state index in [1.165, 1.54) is 0 Å². The first-order valence-electron chi connectivity index (χ1n) is 10.2. The van der Waals surface area contributed by atoms with Gasteiger partial charge in [0.25, 0.3) is 0 Å². The number of hydrogen-bond acceptors (Lipinski definition) is 8. The van der Waals surface area contributed by atoms with E-state index in [2.05, 4.69) is 17.2 Å². The zero-order valence-corrected chi connectivity index (χ0v) is 16.7. The summed E-state index contributed by atoms with van der Waals surface area (Å²) >= 11 is 0. The van der Waals surface area contributed by atoms with Crippen molar-refractivity contribution in [1.29, 1.82) is 0 Å². The van der Waals surface area contributed by atoms with Gasteiger partial charge in [0.2, 0.25) is 0 Å². The fourth-order valence-corrected chi connectivity index (χ4v) is 7.16. The second-order valence-corrected chi connectivity index (χ2v) is 9.56. The van der Waals surface area contributed by atoms with Crippen LogP contribution in [0.5, 0.6) is 0 Å². The largest absolute Gasteiger partial charge is 0.411 e. The van der Waals surface area contributed by atoms with Gasteiger partial charge < -0.3 is 30.8 Å². The molecule has 0 aromatic carbocycles. The normalized spacial score (nSPS) is 50.7. The molecule has 0 aromatic rings. The Kier molecular flexibility index (Phi) is 4.70. The fourth-order valence-electron chi connectivity index (χ4n) is 7.16. The molecule has 0 aliphatic heterocycles. The van der Waals surface area contributed by atoms with Gasteiger partial charge in [0.1, 0.15) is 17.0 Å². The first kappa shape index (κ1) is 20.5. The lowest BCUT2D eigenvalue weighted by Gasteiger charge is -2.59. The highest BCUT2D eigenvalue weighted by atomic mass is 16.4. The highest BCUT2D eigenvalue weighted by Crippen LogP contribution is 2.67. The van der Waals surface area contributed by atoms with Crippen molar-refractivity contribution >= 4 is 11.4 Å². The number of aliphatic hydroxyl groups excluding tert-OH is 3. The predicted octanol–water partition coefficient (Wildman–Crippen LogP) is 1.05. The van der Waals surface area contributed by atoms with Crippen molar-refractivity contribution in [2.75, 3.05) is 6.61 Å². The fraction of sp³-hybridized carbons (Fsp3) is 0.714. The molecule has 8 nitrogen and oxygen atoms in total. The maximum atomic E-state index is 11.5. The molecule has 3 fully saturated rings. The minimum Gasteiger partial charge on any atom is -0.411 e. The summed E-state index contributed by atoms with van der Waals surface area (Å²) in [5.74, 6) is -0.195. The van der Waals surface area contributed by atoms with E-state index in [-0.39, 0.29) is 29.9 Å². The molecule has 4 aliphatic carbocycles. The van der Waals surface area contributed by atoms with Crippen molar-refractivity contribution in [3.63, 3.8) is 0 Å². The van der Waals surface area contributed by atoms with Gasteiger partial charge in [0, 0.05) is 16.7 Å². The molecule has 0 aromatic heterocycles. The van der Waals surface area contributed by atoms with E-state index in [1.807, 2.05) is 19.1 Å². The van der Waals surface area contributed by atoms with Crippen LogP contribution >= 0.6 is 0 Å². The van der Waals surface area contributed by atoms with Gasteiger partial charge in [-0.3, -0.25) is 0 Å². The Morgan fingerprint density at radius 1 is 1.24 bits per heavy atom. The molecule has 6 N–H and O–H groups in total. The standard InChI is InChI=1S/C21H30N2O6/c1-19-6-5-12(22-28)7-11(19)3-4-13-14-8-17(26)21(27,16(10-24)23-29)20(14,2)9-15(25)18(13)19/h5-7,13-15,17-18,24-29H,3-4,8-10H2,1-2H3/b22-12-,23-16-/t13-,14-,15+,17+,18+,19-,20-,21+/m0/s1. The number of nitrogens with zero attached hydrogens (tertiary/aromatic N) is 2. The van der Waals surface area contributed by atoms with Crippen molar-refractivity contribution in [1.82, 2.24) is 0 Å². The lowest BCUT2D eigenvalue weighted by atomic mass is 9.46. The van der Waals surface area contributed by atoms with Crippen LogP contribution in [0, 0.1) is 28.6 Å². The monoisotopic (exact) mass is 406 g/mol. The molecule has 4 aliphatic rings. The molecular formula is C21H30N2O6. The van der Waals surface area contributed by atoms with Crippen LogP contribution in [-0.4, -0.2) is 66.7 Å². The van der Waals surface area contributed by atoms with Crippen molar-refractivity contribution in [3.05, 3.63) is 23.8 Å². The highest BCUT2D eigenvalue weighted by molar-refractivity contribution is 6.05. The van der Waals surface area contributed by atoms with Crippen LogP contribution < -0.4 is 0 Å². The van der Waals surface area contributed by atoms with Crippen LogP contribution in [0.4, 0.5) is 0 Å². The molecule has 0 heterocycles. The first-order chi connectivity index (χ1) is 13.7. The van der Waals surface area contributed by atoms with Crippen molar-refractivity contribution in [2.24, 2.45) is 38.9 Å². The van der Waals surface area contributed by atoms with Crippen molar-refractivity contribution < 1.29 is 30.8 Å². The zero-order chi connectivity index (χ0) is 21.2. The number of oxime groups is 2. The predicted molar refractivity (Wildman–Crippen MR) is 105 cm³/mol. The SMILES string of the molecule is C[C@]12C=C/C(=N/O)C=C1CC[C@@H]1[C@@H]2[C@H](O)C[C@@]2(C)[C@H]1C[C@@H](O)[C@]2(O)/C(CO)=N\O. The zero-order valence-electron chi connectivity index (χ0n) is 16.7. The minimum atomic E-state index is -1.90. The number of rotatable bonds is 2. The molecule has 160 valence electrons. The Morgan fingerprint density at radius 3 is 2.59 bits per heavy atom. The van der Waals surface area contributed by atoms with Gasteiger partial charge in [-0.05, 0) is 49.7 Å². The Labute approximate surface area is 169 Å². The molecule has 0 bridgehead atoms. The lowest BCUT2D eigenvalue weighted by Crippen LogP contribution is -2.63. The third-order valence-electron chi connectivity index (χ3n) is 8.55. The first-order valence-corrected chi connectivity index (χ1v) is 10.2. The van der Waals surface area contributed by atoms with Crippen LogP contribution in [0.2, 0.25) is 0 Å². The smallest absolute Gasteiger partial charge is 0.140 e. The van der Waals surface area contributed by atoms with Gasteiger partial charge in [-0.15, -0.1) is 0 Å². The molecule has 8 atom stereocenters. The Bertz CT molecular complexity index is 822. The molecule has 3 saturated carbocycles. The Hall–Kier alpha value is -1.74. The summed E-state index contributed by atoms with van der Waals surface area (Å²) < 4.78 is 0. The summed E-state index contributed by atoms with van der Waals surface area (Å²) in [5, 5.41) is 68.1. The van der Waals surface area contributed by atoms with Gasteiger partial charge in [-0.25, -0.2) is 0 Å². The maximum absolute atomic E-state index is 11.5. The van der Waals surface area contributed by atoms with Crippen LogP contribution in [0.3, 0.4) is 0 Å². The Morgan fingerprint density at radius 2 is 1.97 bits per heavy atom. The van der Waals surface area contributed by atoms with E-state index in [0.29, 0.717) is 12.1 Å². The van der Waals surface area contributed by atoms with Crippen molar-refractivity contribution in [2.45, 2.75) is 57.3 Å². The number of allylic oxidation sites excluding steroid dienone is 4. The van der Waals surface area contributed by atoms with Crippen LogP contribution in [0.1, 0.15) is 39.5 Å². The lowest BCUT2D eigenvalue weighted by molar-refractivity contribution is -0.153. The average Bonchev–Trinajstić information content (AvgIpc) is 2.89. The van der Waals surface area contributed by atoms with Crippen LogP contribution in [0.15, 0.2) is 34.1 Å². The van der Waals surface area contributed by atoms with E-state index >= 15 is 0 Å². The molecule has 0 amide bonds. The summed E-state index contributed by atoms with van der Waals surface area (Å²) in [6, 6.07) is 0. The number of fused-ring (bicyclic) bond motifs is 5. The van der Waals surface area contributed by atoms with E-state index in [0.717, 1.165) is 18.4 Å². The topological polar surface area (TPSA) is 146 Å². The summed E-state index contributed by atoms with van der Waals surface area (Å²) in [4.78, 5) is 0. The molecular weight excluding hydrogens is 376 g/mol. The van der Waals surface area contributed by atoms with Crippen LogP contribution in [0.25, 0.3) is 0 Å². The molecule has 0 spiro atoms. The molecule has 4 rings (SSSR count). The summed E-state index contributed by atoms with van der Waals surface area (Å²) in [6.07, 6.45) is 5.72. The molecule has 0 saturated heterocycles. The van der Waals surface area contributed by atoms with Gasteiger partial charge in [0.15, 0.2) is 0 Å². The average molecular weight is 406 g/mol. The van der Waals surface area contributed by atoms with E-state index in [9.17, 15) is 25.6 Å². The molecule has 8 heteroatoms. The molecule has 0 radical (unpaired) electrons. The van der Waals surface area contributed by atoms with E-state index in [1.54, 1.807) is 6.08 Å². The number of aliphatic hydroxyl groups is 4. The second kappa shape index (κ2) is 6.63. The van der Waals surface area contributed by atoms with Crippen LogP contribution in [-0.2, 0) is 0 Å². The van der Waals surface area contributed by atoms with Crippen molar-refractivity contribution in [3.8, 4) is 0 Å². The summed E-state index contributed by atoms with van der Waals surface area (Å²) in [6.45, 7) is 3.22. The molecule has 0 unspecified atom stereocenters. The van der Waals surface area contributed by atoms with Gasteiger partial charge in [0.05, 0.1) is 18.8 Å². The summed E-state index contributed by atoms with van der Waals surface area (Å²) in [5.41, 5.74) is -1.91. The Balaban J connectivity index is 1.77. The minimum absolute atomic E-state index is 0.0328. The molecule has 29 heavy (non-hydrogen) atoms. The second-order valence-electron chi connectivity index (χ2n) is 9.56. The van der Waals surface area contributed by atoms with E-state index in [4.69, 9.17) is 5.21 Å². The van der Waals surface area contributed by atoms with E-state index < -0.39 is 35.2 Å².